The molecule has 0 aliphatic rings. The maximum Gasteiger partial charge on any atom is 0.387 e. The van der Waals surface area contributed by atoms with Crippen LogP contribution in [-0.2, 0) is 0 Å². The Labute approximate surface area is 149 Å². The highest BCUT2D eigenvalue weighted by Crippen LogP contribution is 2.21. The van der Waals surface area contributed by atoms with Crippen molar-refractivity contribution in [2.75, 3.05) is 0 Å². The SMILES string of the molecule is N#[N+]C=C(O)C[C@H](NC(=O)c1ccccc1C(=O)NN)c1ccccc1. The molecule has 5 N–H and O–H groups in total. The highest BCUT2D eigenvalue weighted by atomic mass is 16.3. The fraction of sp³-hybridized carbons (Fsp3) is 0.111. The summed E-state index contributed by atoms with van der Waals surface area (Å²) in [5, 5.41) is 21.1. The summed E-state index contributed by atoms with van der Waals surface area (Å²) in [5.41, 5.74) is 3.01. The summed E-state index contributed by atoms with van der Waals surface area (Å²) in [4.78, 5) is 27.3. The highest BCUT2D eigenvalue weighted by Gasteiger charge is 2.21. The Bertz CT molecular complexity index is 859. The topological polar surface area (TPSA) is 133 Å². The van der Waals surface area contributed by atoms with Crippen LogP contribution in [0.5, 0.6) is 0 Å². The van der Waals surface area contributed by atoms with Crippen molar-refractivity contribution < 1.29 is 14.7 Å². The second-order valence-electron chi connectivity index (χ2n) is 5.40. The highest BCUT2D eigenvalue weighted by molar-refractivity contribution is 6.07. The number of hydrazine groups is 1. The summed E-state index contributed by atoms with van der Waals surface area (Å²) < 4.78 is 0. The first-order valence-electron chi connectivity index (χ1n) is 7.74. The lowest BCUT2D eigenvalue weighted by Gasteiger charge is -2.19. The van der Waals surface area contributed by atoms with Crippen LogP contribution in [0.3, 0.4) is 0 Å². The Balaban J connectivity index is 2.31. The third-order valence-electron chi connectivity index (χ3n) is 3.67. The van der Waals surface area contributed by atoms with E-state index in [2.05, 4.69) is 10.3 Å². The van der Waals surface area contributed by atoms with Gasteiger partial charge in [0.25, 0.3) is 11.8 Å². The Hall–Kier alpha value is -3.70. The van der Waals surface area contributed by atoms with Crippen molar-refractivity contribution in [1.29, 1.82) is 5.39 Å². The Morgan fingerprint density at radius 3 is 2.23 bits per heavy atom. The van der Waals surface area contributed by atoms with Crippen molar-refractivity contribution in [1.82, 2.24) is 10.7 Å². The first-order valence-corrected chi connectivity index (χ1v) is 7.74. The smallest absolute Gasteiger partial charge is 0.387 e. The summed E-state index contributed by atoms with van der Waals surface area (Å²) in [6.07, 6.45) is 0.892. The van der Waals surface area contributed by atoms with Crippen LogP contribution < -0.4 is 16.6 Å². The van der Waals surface area contributed by atoms with Gasteiger partial charge in [-0.25, -0.2) is 5.84 Å². The van der Waals surface area contributed by atoms with Crippen molar-refractivity contribution >= 4 is 11.8 Å². The number of rotatable bonds is 6. The normalized spacial score (nSPS) is 11.9. The third kappa shape index (κ3) is 4.66. The summed E-state index contributed by atoms with van der Waals surface area (Å²) >= 11 is 0. The number of amides is 2. The number of benzene rings is 2. The van der Waals surface area contributed by atoms with E-state index in [0.717, 1.165) is 11.8 Å². The Morgan fingerprint density at radius 2 is 1.65 bits per heavy atom. The molecule has 0 bridgehead atoms. The summed E-state index contributed by atoms with van der Waals surface area (Å²) in [6, 6.07) is 14.6. The number of diazo groups is 1. The van der Waals surface area contributed by atoms with Crippen LogP contribution in [0.15, 0.2) is 66.6 Å². The van der Waals surface area contributed by atoms with E-state index in [9.17, 15) is 14.7 Å². The van der Waals surface area contributed by atoms with E-state index in [1.807, 2.05) is 11.5 Å². The summed E-state index contributed by atoms with van der Waals surface area (Å²) in [6.45, 7) is 0. The quantitative estimate of drug-likeness (QED) is 0.208. The lowest BCUT2D eigenvalue weighted by atomic mass is 10.0. The van der Waals surface area contributed by atoms with Crippen LogP contribution in [0, 0.1) is 5.39 Å². The standard InChI is InChI=1S/C18H17N5O3/c19-21-11-13(24)10-16(12-6-2-1-3-7-12)22-17(25)14-8-4-5-9-15(14)18(26)23-20/h1-9,11,16,19-20H,10H2,(H2,22,24,25)/p+1/t16-/m0/s1. The van der Waals surface area contributed by atoms with E-state index in [1.165, 1.54) is 12.1 Å². The van der Waals surface area contributed by atoms with Crippen LogP contribution in [0.25, 0.3) is 4.98 Å². The fourth-order valence-corrected chi connectivity index (χ4v) is 2.46. The predicted molar refractivity (Wildman–Crippen MR) is 95.2 cm³/mol. The number of carbonyl (C=O) groups excluding carboxylic acids is 2. The van der Waals surface area contributed by atoms with Crippen LogP contribution in [-0.4, -0.2) is 16.9 Å². The van der Waals surface area contributed by atoms with Crippen molar-refractivity contribution in [3.05, 3.63) is 88.2 Å². The van der Waals surface area contributed by atoms with E-state index in [1.54, 1.807) is 36.4 Å². The molecule has 0 saturated carbocycles. The maximum atomic E-state index is 12.7. The molecular weight excluding hydrogens is 334 g/mol. The number of nitrogens with two attached hydrogens (primary N) is 1. The molecule has 0 saturated heterocycles. The molecule has 0 unspecified atom stereocenters. The van der Waals surface area contributed by atoms with Gasteiger partial charge in [-0.1, -0.05) is 42.5 Å². The maximum absolute atomic E-state index is 12.7. The molecule has 0 spiro atoms. The van der Waals surface area contributed by atoms with E-state index in [0.29, 0.717) is 0 Å². The third-order valence-corrected chi connectivity index (χ3v) is 3.67. The molecular formula is C18H18N5O3+. The van der Waals surface area contributed by atoms with Gasteiger partial charge in [-0.2, -0.15) is 0 Å². The zero-order valence-corrected chi connectivity index (χ0v) is 13.8. The number of aliphatic hydroxyl groups is 1. The first-order chi connectivity index (χ1) is 12.6. The monoisotopic (exact) mass is 352 g/mol. The molecule has 0 aliphatic carbocycles. The van der Waals surface area contributed by atoms with Gasteiger partial charge in [0.2, 0.25) is 5.39 Å². The summed E-state index contributed by atoms with van der Waals surface area (Å²) in [5.74, 6) is 3.85. The van der Waals surface area contributed by atoms with Crippen LogP contribution >= 0.6 is 0 Å². The van der Waals surface area contributed by atoms with E-state index in [-0.39, 0.29) is 23.3 Å². The molecule has 1 atom stereocenters. The van der Waals surface area contributed by atoms with Crippen LogP contribution in [0.1, 0.15) is 38.7 Å². The van der Waals surface area contributed by atoms with Gasteiger partial charge < -0.3 is 10.4 Å². The van der Waals surface area contributed by atoms with Crippen molar-refractivity contribution in [3.8, 4) is 0 Å². The lowest BCUT2D eigenvalue weighted by molar-refractivity contribution is 0.0908. The van der Waals surface area contributed by atoms with Gasteiger partial charge in [0.05, 0.1) is 17.2 Å². The van der Waals surface area contributed by atoms with Gasteiger partial charge >= 0.3 is 6.20 Å². The van der Waals surface area contributed by atoms with Crippen molar-refractivity contribution in [2.24, 2.45) is 5.84 Å². The number of nitrogen functional groups attached to an aromatic ring is 1. The lowest BCUT2D eigenvalue weighted by Crippen LogP contribution is -2.34. The molecule has 0 aliphatic heterocycles. The zero-order chi connectivity index (χ0) is 18.9. The summed E-state index contributed by atoms with van der Waals surface area (Å²) in [7, 11) is 0. The largest absolute Gasteiger partial charge is 0.505 e. The van der Waals surface area contributed by atoms with Crippen LogP contribution in [0.2, 0.25) is 0 Å². The molecule has 132 valence electrons. The number of hydrogen-bond acceptors (Lipinski definition) is 5. The minimum Gasteiger partial charge on any atom is -0.505 e. The van der Waals surface area contributed by atoms with Crippen molar-refractivity contribution in [2.45, 2.75) is 12.5 Å². The minimum atomic E-state index is -0.601. The number of hydrogen-bond donors (Lipinski definition) is 4. The van der Waals surface area contributed by atoms with Gasteiger partial charge in [-0.15, -0.1) is 0 Å². The van der Waals surface area contributed by atoms with Crippen LogP contribution in [0.4, 0.5) is 0 Å². The molecule has 8 nitrogen and oxygen atoms in total. The predicted octanol–water partition coefficient (Wildman–Crippen LogP) is 2.40. The molecule has 0 aromatic heterocycles. The van der Waals surface area contributed by atoms with E-state index >= 15 is 0 Å². The molecule has 26 heavy (non-hydrogen) atoms. The number of carbonyl (C=O) groups is 2. The second kappa shape index (κ2) is 8.96. The minimum absolute atomic E-state index is 0.00503. The number of nitrogens with zero attached hydrogens (tertiary/aromatic N) is 2. The van der Waals surface area contributed by atoms with Gasteiger partial charge in [0, 0.05) is 6.42 Å². The Morgan fingerprint density at radius 1 is 1.08 bits per heavy atom. The molecule has 2 amide bonds. The molecule has 8 heteroatoms. The average Bonchev–Trinajstić information content (AvgIpc) is 2.67. The molecule has 2 aromatic rings. The van der Waals surface area contributed by atoms with Gasteiger partial charge in [-0.05, 0) is 17.7 Å². The Kier molecular flexibility index (Phi) is 6.42. The number of nitrogens with one attached hydrogen (secondary N) is 2. The molecule has 2 aromatic carbocycles. The van der Waals surface area contributed by atoms with E-state index < -0.39 is 17.9 Å². The fourth-order valence-electron chi connectivity index (χ4n) is 2.46. The first kappa shape index (κ1) is 18.6. The van der Waals surface area contributed by atoms with Crippen molar-refractivity contribution in [3.63, 3.8) is 0 Å². The molecule has 2 rings (SSSR count). The van der Waals surface area contributed by atoms with Gasteiger partial charge in [0.15, 0.2) is 10.7 Å². The molecule has 0 heterocycles. The second-order valence-corrected chi connectivity index (χ2v) is 5.40. The van der Waals surface area contributed by atoms with Gasteiger partial charge in [-0.3, -0.25) is 15.0 Å². The average molecular weight is 352 g/mol. The van der Waals surface area contributed by atoms with Gasteiger partial charge in [0.1, 0.15) is 0 Å². The molecule has 0 radical (unpaired) electrons. The van der Waals surface area contributed by atoms with E-state index in [4.69, 9.17) is 11.2 Å². The zero-order valence-electron chi connectivity index (χ0n) is 13.8. The number of aliphatic hydroxyl groups excluding tert-OH is 1. The molecule has 0 fully saturated rings.